The van der Waals surface area contributed by atoms with E-state index in [1.165, 1.54) is 11.2 Å². The molecule has 0 aliphatic carbocycles. The Bertz CT molecular complexity index is 1560. The van der Waals surface area contributed by atoms with Crippen LogP contribution in [0.3, 0.4) is 0 Å². The van der Waals surface area contributed by atoms with Crippen LogP contribution in [-0.4, -0.2) is 76.2 Å². The normalized spacial score (nSPS) is 17.2. The number of hydrazine groups is 1. The van der Waals surface area contributed by atoms with E-state index in [0.29, 0.717) is 47.1 Å². The first-order valence-electron chi connectivity index (χ1n) is 12.7. The van der Waals surface area contributed by atoms with Gasteiger partial charge in [-0.3, -0.25) is 9.59 Å². The smallest absolute Gasteiger partial charge is 0.255 e. The number of β-amino-alcohol motifs (C(OH)–C–C–N with tert-alkyl or cyclic N) is 1. The van der Waals surface area contributed by atoms with Crippen LogP contribution in [-0.2, 0) is 0 Å². The summed E-state index contributed by atoms with van der Waals surface area (Å²) < 4.78 is 13.4. The van der Waals surface area contributed by atoms with Crippen molar-refractivity contribution in [1.82, 2.24) is 24.8 Å². The van der Waals surface area contributed by atoms with Crippen molar-refractivity contribution in [3.8, 4) is 11.5 Å². The number of likely N-dealkylation sites (tertiary alicyclic amines) is 1. The van der Waals surface area contributed by atoms with E-state index in [9.17, 15) is 14.7 Å². The van der Waals surface area contributed by atoms with Crippen LogP contribution in [0.2, 0.25) is 0 Å². The number of carbonyl (C=O) groups is 2. The minimum Gasteiger partial charge on any atom is -0.460 e. The van der Waals surface area contributed by atoms with Crippen molar-refractivity contribution in [2.75, 3.05) is 33.7 Å². The van der Waals surface area contributed by atoms with Crippen LogP contribution in [0.15, 0.2) is 53.5 Å². The van der Waals surface area contributed by atoms with Gasteiger partial charge in [0.05, 0.1) is 23.9 Å². The monoisotopic (exact) mass is 549 g/mol. The van der Waals surface area contributed by atoms with Crippen LogP contribution in [0.4, 0.5) is 0 Å². The average Bonchev–Trinajstić information content (AvgIpc) is 3.55. The summed E-state index contributed by atoms with van der Waals surface area (Å²) in [5.41, 5.74) is 7.65. The third-order valence-electron chi connectivity index (χ3n) is 6.85. The molecule has 0 bridgehead atoms. The third kappa shape index (κ3) is 5.93. The second-order valence-electron chi connectivity index (χ2n) is 9.91. The number of benzene rings is 1. The van der Waals surface area contributed by atoms with Gasteiger partial charge in [-0.25, -0.2) is 10.4 Å². The van der Waals surface area contributed by atoms with E-state index < -0.39 is 5.60 Å². The Morgan fingerprint density at radius 3 is 2.77 bits per heavy atom. The molecule has 0 saturated carbocycles. The summed E-state index contributed by atoms with van der Waals surface area (Å²) in [4.78, 5) is 25.3. The number of nitrogens with two attached hydrogens (primary N) is 2. The number of aliphatic hydroxyl groups is 1. The number of rotatable bonds is 7. The van der Waals surface area contributed by atoms with E-state index >= 15 is 0 Å². The fourth-order valence-electron chi connectivity index (χ4n) is 4.93. The summed E-state index contributed by atoms with van der Waals surface area (Å²) in [6.45, 7) is 5.60. The molecule has 212 valence electrons. The lowest BCUT2D eigenvalue weighted by molar-refractivity contribution is 0.0257. The molecule has 1 atom stereocenters. The highest BCUT2D eigenvalue weighted by atomic mass is 16.5. The van der Waals surface area contributed by atoms with Crippen molar-refractivity contribution in [3.05, 3.63) is 71.5 Å². The number of aryl methyl sites for hydroxylation is 2. The van der Waals surface area contributed by atoms with Crippen molar-refractivity contribution >= 4 is 28.7 Å². The lowest BCUT2D eigenvalue weighted by atomic mass is 10.0. The van der Waals surface area contributed by atoms with Crippen molar-refractivity contribution in [2.24, 2.45) is 11.6 Å². The first-order valence-corrected chi connectivity index (χ1v) is 12.7. The molecule has 6 N–H and O–H groups in total. The standard InChI is InChI=1S/C20H17N3O4.C8H18N4O/c1-11-13(10-24)9-23-19(11)16(6-7-22-23)27-14-4-5-15-17(8-14)26-12(2)18(15)20(25)21-3;1-11-4-2-8(13,6-11)7-12(10)5-3-9/h4-10H,1-3H3,(H,21,25);3,5,13H,2,4,6-7,9-10H2,1H3/b;5-3-. The second-order valence-corrected chi connectivity index (χ2v) is 9.91. The molecule has 1 aliphatic rings. The van der Waals surface area contributed by atoms with Crippen LogP contribution < -0.4 is 21.6 Å². The number of ether oxygens (including phenoxy) is 1. The molecule has 1 aromatic carbocycles. The highest BCUT2D eigenvalue weighted by molar-refractivity contribution is 6.07. The van der Waals surface area contributed by atoms with Gasteiger partial charge in [-0.1, -0.05) is 0 Å². The molecule has 5 rings (SSSR count). The lowest BCUT2D eigenvalue weighted by Crippen LogP contribution is -2.45. The number of aldehydes is 1. The number of aromatic nitrogens is 2. The Hall–Kier alpha value is -4.39. The molecule has 0 radical (unpaired) electrons. The molecular formula is C28H35N7O5. The minimum absolute atomic E-state index is 0.194. The van der Waals surface area contributed by atoms with E-state index in [0.717, 1.165) is 35.7 Å². The third-order valence-corrected chi connectivity index (χ3v) is 6.85. The summed E-state index contributed by atoms with van der Waals surface area (Å²) in [5.74, 6) is 7.07. The van der Waals surface area contributed by atoms with Gasteiger partial charge in [0.25, 0.3) is 5.91 Å². The Balaban J connectivity index is 0.000000240. The zero-order valence-electron chi connectivity index (χ0n) is 23.0. The first-order chi connectivity index (χ1) is 19.1. The predicted molar refractivity (Wildman–Crippen MR) is 151 cm³/mol. The summed E-state index contributed by atoms with van der Waals surface area (Å²) in [6, 6.07) is 7.06. The lowest BCUT2D eigenvalue weighted by Gasteiger charge is -2.26. The molecule has 4 aromatic rings. The molecule has 1 aliphatic heterocycles. The predicted octanol–water partition coefficient (Wildman–Crippen LogP) is 2.32. The Morgan fingerprint density at radius 2 is 2.12 bits per heavy atom. The second kappa shape index (κ2) is 11.8. The number of amides is 1. The molecular weight excluding hydrogens is 514 g/mol. The van der Waals surface area contributed by atoms with Gasteiger partial charge < -0.3 is 35.2 Å². The number of nitrogens with one attached hydrogen (secondary N) is 1. The summed E-state index contributed by atoms with van der Waals surface area (Å²) in [7, 11) is 3.57. The molecule has 1 saturated heterocycles. The summed E-state index contributed by atoms with van der Waals surface area (Å²) in [5, 5.41) is 19.0. The molecule has 12 heteroatoms. The highest BCUT2D eigenvalue weighted by Crippen LogP contribution is 2.33. The molecule has 1 amide bonds. The quantitative estimate of drug-likeness (QED) is 0.153. The molecule has 0 spiro atoms. The topological polar surface area (TPSA) is 165 Å². The van der Waals surface area contributed by atoms with Gasteiger partial charge in [0, 0.05) is 61.8 Å². The molecule has 4 heterocycles. The van der Waals surface area contributed by atoms with Gasteiger partial charge >= 0.3 is 0 Å². The maximum absolute atomic E-state index is 12.1. The molecule has 1 unspecified atom stereocenters. The van der Waals surface area contributed by atoms with E-state index in [1.807, 2.05) is 14.0 Å². The highest BCUT2D eigenvalue weighted by Gasteiger charge is 2.35. The summed E-state index contributed by atoms with van der Waals surface area (Å²) >= 11 is 0. The van der Waals surface area contributed by atoms with E-state index in [-0.39, 0.29) is 5.91 Å². The zero-order chi connectivity index (χ0) is 29.0. The number of fused-ring (bicyclic) bond motifs is 2. The molecule has 12 nitrogen and oxygen atoms in total. The average molecular weight is 550 g/mol. The zero-order valence-corrected chi connectivity index (χ0v) is 23.0. The van der Waals surface area contributed by atoms with Crippen LogP contribution in [0.25, 0.3) is 16.5 Å². The van der Waals surface area contributed by atoms with Crippen LogP contribution in [0.1, 0.15) is 38.5 Å². The Morgan fingerprint density at radius 1 is 1.35 bits per heavy atom. The number of nitrogens with zero attached hydrogens (tertiary/aromatic N) is 4. The van der Waals surface area contributed by atoms with Gasteiger partial charge in [0.1, 0.15) is 22.6 Å². The number of furan rings is 1. The van der Waals surface area contributed by atoms with Gasteiger partial charge in [-0.15, -0.1) is 0 Å². The van der Waals surface area contributed by atoms with E-state index in [2.05, 4.69) is 15.3 Å². The number of hydrogen-bond donors (Lipinski definition) is 4. The van der Waals surface area contributed by atoms with Crippen molar-refractivity contribution in [1.29, 1.82) is 0 Å². The van der Waals surface area contributed by atoms with Crippen LogP contribution in [0, 0.1) is 13.8 Å². The molecule has 3 aromatic heterocycles. The van der Waals surface area contributed by atoms with Crippen molar-refractivity contribution in [3.63, 3.8) is 0 Å². The SMILES string of the molecule is CN1CCC(O)(CN(N)/C=C\N)C1.CNC(=O)c1c(C)oc2cc(Oc3ccnn4cc(C=O)c(C)c34)ccc12. The maximum atomic E-state index is 12.1. The van der Waals surface area contributed by atoms with Gasteiger partial charge in [0.15, 0.2) is 12.0 Å². The largest absolute Gasteiger partial charge is 0.460 e. The van der Waals surface area contributed by atoms with Crippen LogP contribution in [0.5, 0.6) is 11.5 Å². The van der Waals surface area contributed by atoms with Crippen molar-refractivity contribution in [2.45, 2.75) is 25.9 Å². The van der Waals surface area contributed by atoms with E-state index in [1.54, 1.807) is 61.3 Å². The van der Waals surface area contributed by atoms with Crippen molar-refractivity contribution < 1.29 is 23.8 Å². The number of likely N-dealkylation sites (N-methyl/N-ethyl adjacent to an activating group) is 1. The minimum atomic E-state index is -0.691. The number of hydrogen-bond acceptors (Lipinski definition) is 10. The Labute approximate surface area is 231 Å². The Kier molecular flexibility index (Phi) is 8.43. The van der Waals surface area contributed by atoms with Gasteiger partial charge in [0.2, 0.25) is 0 Å². The number of carbonyl (C=O) groups excluding carboxylic acids is 2. The van der Waals surface area contributed by atoms with Gasteiger partial charge in [-0.2, -0.15) is 5.10 Å². The first kappa shape index (κ1) is 28.6. The summed E-state index contributed by atoms with van der Waals surface area (Å²) in [6.07, 6.45) is 7.74. The fraction of sp³-hybridized carbons (Fsp3) is 0.321. The van der Waals surface area contributed by atoms with Gasteiger partial charge in [-0.05, 0) is 45.0 Å². The molecule has 40 heavy (non-hydrogen) atoms. The fourth-order valence-corrected chi connectivity index (χ4v) is 4.93. The van der Waals surface area contributed by atoms with E-state index in [4.69, 9.17) is 20.7 Å². The van der Waals surface area contributed by atoms with Crippen LogP contribution >= 0.6 is 0 Å². The maximum Gasteiger partial charge on any atom is 0.255 e. The molecule has 1 fully saturated rings.